The third-order valence-electron chi connectivity index (χ3n) is 6.95. The molecule has 1 aliphatic carbocycles. The first-order valence-corrected chi connectivity index (χ1v) is 13.5. The van der Waals surface area contributed by atoms with Gasteiger partial charge in [-0.2, -0.15) is 13.8 Å². The summed E-state index contributed by atoms with van der Waals surface area (Å²) in [6.07, 6.45) is 7.58. The van der Waals surface area contributed by atoms with E-state index in [0.717, 1.165) is 37.3 Å². The number of carbonyl (C=O) groups excluding carboxylic acids is 1. The summed E-state index contributed by atoms with van der Waals surface area (Å²) in [5.74, 6) is -2.35. The lowest BCUT2D eigenvalue weighted by Gasteiger charge is -2.32. The molecule has 39 heavy (non-hydrogen) atoms. The summed E-state index contributed by atoms with van der Waals surface area (Å²) in [4.78, 5) is 22.7. The highest BCUT2D eigenvalue weighted by Crippen LogP contribution is 2.34. The zero-order chi connectivity index (χ0) is 28.1. The fourth-order valence-corrected chi connectivity index (χ4v) is 5.94. The topological polar surface area (TPSA) is 70.6 Å². The summed E-state index contributed by atoms with van der Waals surface area (Å²) in [6.45, 7) is 1.56. The molecule has 2 atom stereocenters. The molecule has 1 amide bonds. The van der Waals surface area contributed by atoms with Gasteiger partial charge in [-0.15, -0.1) is 0 Å². The lowest BCUT2D eigenvalue weighted by atomic mass is 10.0. The zero-order valence-electron chi connectivity index (χ0n) is 21.5. The number of alkyl halides is 2. The van der Waals surface area contributed by atoms with Crippen molar-refractivity contribution in [2.45, 2.75) is 69.5 Å². The zero-order valence-corrected chi connectivity index (χ0v) is 22.4. The number of nitrogens with zero attached hydrogens (tertiary/aromatic N) is 4. The van der Waals surface area contributed by atoms with Gasteiger partial charge in [0.1, 0.15) is 17.4 Å². The molecule has 1 aliphatic heterocycles. The summed E-state index contributed by atoms with van der Waals surface area (Å²) >= 11 is 1.03. The normalized spacial score (nSPS) is 20.9. The van der Waals surface area contributed by atoms with Crippen molar-refractivity contribution in [1.82, 2.24) is 14.3 Å². The van der Waals surface area contributed by atoms with Crippen molar-refractivity contribution in [3.05, 3.63) is 47.1 Å². The number of rotatable bonds is 10. The molecule has 0 radical (unpaired) electrons. The number of ether oxygens (including phenoxy) is 1. The van der Waals surface area contributed by atoms with Gasteiger partial charge in [0.25, 0.3) is 0 Å². The number of anilines is 2. The van der Waals surface area contributed by atoms with E-state index in [0.29, 0.717) is 49.8 Å². The molecule has 13 heteroatoms. The minimum atomic E-state index is -2.98. The van der Waals surface area contributed by atoms with Crippen LogP contribution in [0.3, 0.4) is 0 Å². The van der Waals surface area contributed by atoms with Crippen LogP contribution in [-0.4, -0.2) is 52.5 Å². The number of piperidine rings is 1. The average molecular weight is 572 g/mol. The van der Waals surface area contributed by atoms with Gasteiger partial charge in [0, 0.05) is 43.0 Å². The van der Waals surface area contributed by atoms with Gasteiger partial charge in [-0.3, -0.25) is 9.69 Å². The molecule has 1 N–H and O–H groups in total. The monoisotopic (exact) mass is 571 g/mol. The van der Waals surface area contributed by atoms with Crippen molar-refractivity contribution in [3.63, 3.8) is 0 Å². The van der Waals surface area contributed by atoms with E-state index >= 15 is 0 Å². The molecule has 212 valence electrons. The largest absolute Gasteiger partial charge is 0.440 e. The van der Waals surface area contributed by atoms with Gasteiger partial charge in [-0.05, 0) is 62.6 Å². The lowest BCUT2D eigenvalue weighted by molar-refractivity contribution is -0.108. The summed E-state index contributed by atoms with van der Waals surface area (Å²) in [6, 6.07) is 1.27. The lowest BCUT2D eigenvalue weighted by Crippen LogP contribution is -2.38. The van der Waals surface area contributed by atoms with Crippen LogP contribution in [0.4, 0.5) is 33.7 Å². The van der Waals surface area contributed by atoms with Gasteiger partial charge in [0.05, 0.1) is 4.90 Å². The van der Waals surface area contributed by atoms with E-state index in [1.165, 1.54) is 19.2 Å². The van der Waals surface area contributed by atoms with Crippen molar-refractivity contribution in [1.29, 1.82) is 0 Å². The minimum Gasteiger partial charge on any atom is -0.440 e. The first kappa shape index (κ1) is 29.1. The molecule has 0 bridgehead atoms. The third kappa shape index (κ3) is 7.38. The number of carbonyl (C=O) groups is 1. The van der Waals surface area contributed by atoms with Gasteiger partial charge in [-0.1, -0.05) is 13.3 Å². The highest BCUT2D eigenvalue weighted by Gasteiger charge is 2.32. The van der Waals surface area contributed by atoms with Crippen molar-refractivity contribution in [3.8, 4) is 0 Å². The Kier molecular flexibility index (Phi) is 9.65. The maximum absolute atomic E-state index is 14.0. The summed E-state index contributed by atoms with van der Waals surface area (Å²) in [5, 5.41) is 3.27. The number of halogens is 5. The number of allylic oxidation sites excluding steroid dienone is 1. The molecule has 1 aromatic carbocycles. The number of aromatic nitrogens is 2. The maximum Gasteiger partial charge on any atom is 0.387 e. The van der Waals surface area contributed by atoms with Crippen molar-refractivity contribution >= 4 is 36.2 Å². The van der Waals surface area contributed by atoms with Crippen molar-refractivity contribution in [2.24, 2.45) is 5.92 Å². The van der Waals surface area contributed by atoms with Crippen molar-refractivity contribution in [2.75, 3.05) is 23.3 Å². The van der Waals surface area contributed by atoms with Crippen LogP contribution in [0.15, 0.2) is 29.0 Å². The van der Waals surface area contributed by atoms with Crippen LogP contribution in [0.5, 0.6) is 0 Å². The van der Waals surface area contributed by atoms with Crippen molar-refractivity contribution < 1.29 is 31.5 Å². The van der Waals surface area contributed by atoms with E-state index in [-0.39, 0.29) is 34.6 Å². The molecule has 1 aromatic heterocycles. The van der Waals surface area contributed by atoms with Crippen LogP contribution in [0.1, 0.15) is 51.5 Å². The number of nitrogens with one attached hydrogen (secondary N) is 1. The standard InChI is InChI=1S/C26H30F5N5O2S/c1-15-4-3-5-22(15)36(14-37)24-17(10-16(2)38-25(30)31)13-32-26(34-24)33-18-6-8-35(9-7-18)39-23-12-20(28)19(27)11-21(23)29/h10-15,18,22,25H,3-9H2,1-2H3,(H,32,33,34)/b16-10+. The van der Waals surface area contributed by atoms with Gasteiger partial charge < -0.3 is 10.1 Å². The van der Waals surface area contributed by atoms with E-state index in [2.05, 4.69) is 26.9 Å². The van der Waals surface area contributed by atoms with E-state index in [1.54, 1.807) is 4.90 Å². The number of benzene rings is 1. The van der Waals surface area contributed by atoms with Crippen LogP contribution >= 0.6 is 11.9 Å². The van der Waals surface area contributed by atoms with Gasteiger partial charge >= 0.3 is 6.61 Å². The molecule has 1 saturated carbocycles. The minimum absolute atomic E-state index is 0.0122. The molecule has 2 aliphatic rings. The van der Waals surface area contributed by atoms with Crippen LogP contribution in [0, 0.1) is 23.4 Å². The van der Waals surface area contributed by atoms with E-state index < -0.39 is 24.1 Å². The number of hydrogen-bond acceptors (Lipinski definition) is 7. The van der Waals surface area contributed by atoms with Crippen LogP contribution in [0.25, 0.3) is 6.08 Å². The Hall–Kier alpha value is -2.93. The quantitative estimate of drug-likeness (QED) is 0.119. The van der Waals surface area contributed by atoms with Gasteiger partial charge in [-0.25, -0.2) is 22.5 Å². The number of amides is 1. The molecule has 1 saturated heterocycles. The fourth-order valence-electron chi connectivity index (χ4n) is 4.97. The fraction of sp³-hybridized carbons (Fsp3) is 0.500. The second-order valence-corrected chi connectivity index (χ2v) is 10.9. The summed E-state index contributed by atoms with van der Waals surface area (Å²) in [7, 11) is 0. The van der Waals surface area contributed by atoms with Gasteiger partial charge in [0.2, 0.25) is 12.4 Å². The molecule has 7 nitrogen and oxygen atoms in total. The SMILES string of the molecule is C/C(=C\c1cnc(NC2CCN(Sc3cc(F)c(F)cc3F)CC2)nc1N(C=O)C1CCCC1C)OC(F)F. The highest BCUT2D eigenvalue weighted by molar-refractivity contribution is 7.97. The van der Waals surface area contributed by atoms with Gasteiger partial charge in [0.15, 0.2) is 11.6 Å². The number of hydrogen-bond donors (Lipinski definition) is 1. The first-order valence-electron chi connectivity index (χ1n) is 12.7. The van der Waals surface area contributed by atoms with Crippen LogP contribution in [0.2, 0.25) is 0 Å². The van der Waals surface area contributed by atoms with E-state index in [4.69, 9.17) is 0 Å². The Bertz CT molecular complexity index is 1200. The Morgan fingerprint density at radius 1 is 1.15 bits per heavy atom. The second kappa shape index (κ2) is 12.9. The predicted octanol–water partition coefficient (Wildman–Crippen LogP) is 6.23. The highest BCUT2D eigenvalue weighted by atomic mass is 32.2. The third-order valence-corrected chi connectivity index (χ3v) is 8.08. The maximum atomic E-state index is 14.0. The first-order chi connectivity index (χ1) is 18.6. The molecular weight excluding hydrogens is 541 g/mol. The molecule has 0 spiro atoms. The Morgan fingerprint density at radius 3 is 2.51 bits per heavy atom. The average Bonchev–Trinajstić information content (AvgIpc) is 3.30. The molecular formula is C26H30F5N5O2S. The summed E-state index contributed by atoms with van der Waals surface area (Å²) < 4.78 is 72.6. The molecule has 2 fully saturated rings. The smallest absolute Gasteiger partial charge is 0.387 e. The Labute approximate surface area is 227 Å². The Morgan fingerprint density at radius 2 is 1.87 bits per heavy atom. The molecule has 2 heterocycles. The summed E-state index contributed by atoms with van der Waals surface area (Å²) in [5.41, 5.74) is 0.379. The predicted molar refractivity (Wildman–Crippen MR) is 139 cm³/mol. The second-order valence-electron chi connectivity index (χ2n) is 9.73. The molecule has 4 rings (SSSR count). The Balaban J connectivity index is 1.47. The molecule has 2 unspecified atom stereocenters. The van der Waals surface area contributed by atoms with E-state index in [1.807, 2.05) is 4.31 Å². The van der Waals surface area contributed by atoms with E-state index in [9.17, 15) is 26.7 Å². The molecule has 2 aromatic rings. The van der Waals surface area contributed by atoms with Crippen LogP contribution in [-0.2, 0) is 9.53 Å². The van der Waals surface area contributed by atoms with Crippen LogP contribution < -0.4 is 10.2 Å².